The first-order valence-electron chi connectivity index (χ1n) is 6.52. The third-order valence-electron chi connectivity index (χ3n) is 3.11. The van der Waals surface area contributed by atoms with Gasteiger partial charge in [0, 0.05) is 13.6 Å². The van der Waals surface area contributed by atoms with Gasteiger partial charge in [-0.3, -0.25) is 9.48 Å². The third-order valence-corrected chi connectivity index (χ3v) is 3.11. The van der Waals surface area contributed by atoms with Crippen molar-refractivity contribution in [3.05, 3.63) is 47.3 Å². The van der Waals surface area contributed by atoms with Crippen LogP contribution in [0.4, 0.5) is 0 Å². The van der Waals surface area contributed by atoms with Crippen LogP contribution in [0.25, 0.3) is 0 Å². The molecule has 0 saturated carbocycles. The van der Waals surface area contributed by atoms with Gasteiger partial charge >= 0.3 is 0 Å². The summed E-state index contributed by atoms with van der Waals surface area (Å²) in [6, 6.07) is 9.59. The molecule has 0 aliphatic heterocycles. The number of aromatic nitrogens is 2. The van der Waals surface area contributed by atoms with Crippen molar-refractivity contribution in [2.75, 3.05) is 13.7 Å². The van der Waals surface area contributed by atoms with E-state index in [4.69, 9.17) is 4.74 Å². The molecular weight excluding hydrogens is 254 g/mol. The highest BCUT2D eigenvalue weighted by Gasteiger charge is 2.11. The first-order chi connectivity index (χ1) is 9.61. The Labute approximate surface area is 118 Å². The maximum atomic E-state index is 12.0. The molecular formula is C15H19N3O2. The summed E-state index contributed by atoms with van der Waals surface area (Å²) in [5.41, 5.74) is 2.49. The van der Waals surface area contributed by atoms with Crippen LogP contribution in [0.2, 0.25) is 0 Å². The number of para-hydroxylation sites is 1. The molecule has 0 aliphatic carbocycles. The summed E-state index contributed by atoms with van der Waals surface area (Å²) in [5, 5.41) is 7.06. The quantitative estimate of drug-likeness (QED) is 0.902. The van der Waals surface area contributed by atoms with Gasteiger partial charge in [0.15, 0.2) is 0 Å². The van der Waals surface area contributed by atoms with Gasteiger partial charge in [0.2, 0.25) is 0 Å². The maximum Gasteiger partial charge on any atom is 0.269 e. The fourth-order valence-electron chi connectivity index (χ4n) is 2.13. The first kappa shape index (κ1) is 14.1. The van der Waals surface area contributed by atoms with Gasteiger partial charge in [0.1, 0.15) is 11.4 Å². The van der Waals surface area contributed by atoms with E-state index in [9.17, 15) is 4.79 Å². The van der Waals surface area contributed by atoms with E-state index >= 15 is 0 Å². The van der Waals surface area contributed by atoms with Gasteiger partial charge in [-0.05, 0) is 31.0 Å². The molecule has 0 fully saturated rings. The molecule has 5 nitrogen and oxygen atoms in total. The Morgan fingerprint density at radius 3 is 2.80 bits per heavy atom. The second kappa shape index (κ2) is 6.23. The molecule has 1 N–H and O–H groups in total. The standard InChI is InChI=1S/C15H19N3O2/c1-11-10-13(18(2)17-11)15(19)16-9-8-12-6-4-5-7-14(12)20-3/h4-7,10H,8-9H2,1-3H3,(H,16,19). The number of methoxy groups -OCH3 is 1. The summed E-state index contributed by atoms with van der Waals surface area (Å²) in [6.07, 6.45) is 0.729. The number of nitrogens with zero attached hydrogens (tertiary/aromatic N) is 2. The van der Waals surface area contributed by atoms with Crippen molar-refractivity contribution in [3.8, 4) is 5.75 Å². The van der Waals surface area contributed by atoms with Crippen molar-refractivity contribution in [1.29, 1.82) is 0 Å². The van der Waals surface area contributed by atoms with Crippen molar-refractivity contribution >= 4 is 5.91 Å². The van der Waals surface area contributed by atoms with Gasteiger partial charge < -0.3 is 10.1 Å². The highest BCUT2D eigenvalue weighted by atomic mass is 16.5. The minimum absolute atomic E-state index is 0.108. The molecule has 5 heteroatoms. The number of amides is 1. The molecule has 20 heavy (non-hydrogen) atoms. The average molecular weight is 273 g/mol. The molecule has 2 rings (SSSR count). The van der Waals surface area contributed by atoms with E-state index in [1.165, 1.54) is 0 Å². The Bertz CT molecular complexity index is 605. The molecule has 0 saturated heterocycles. The Balaban J connectivity index is 1.93. The van der Waals surface area contributed by atoms with Crippen LogP contribution >= 0.6 is 0 Å². The van der Waals surface area contributed by atoms with Crippen LogP contribution in [0, 0.1) is 6.92 Å². The number of nitrogens with one attached hydrogen (secondary N) is 1. The Hall–Kier alpha value is -2.30. The van der Waals surface area contributed by atoms with Crippen LogP contribution in [-0.2, 0) is 13.5 Å². The average Bonchev–Trinajstić information content (AvgIpc) is 2.78. The molecule has 0 spiro atoms. The maximum absolute atomic E-state index is 12.0. The van der Waals surface area contributed by atoms with E-state index in [2.05, 4.69) is 10.4 Å². The van der Waals surface area contributed by atoms with Crippen LogP contribution in [0.1, 0.15) is 21.7 Å². The molecule has 1 aromatic heterocycles. The second-order valence-electron chi connectivity index (χ2n) is 4.61. The van der Waals surface area contributed by atoms with E-state index in [0.29, 0.717) is 12.2 Å². The van der Waals surface area contributed by atoms with Crippen molar-refractivity contribution in [1.82, 2.24) is 15.1 Å². The van der Waals surface area contributed by atoms with Crippen LogP contribution < -0.4 is 10.1 Å². The molecule has 1 aromatic carbocycles. The monoisotopic (exact) mass is 273 g/mol. The number of ether oxygens (including phenoxy) is 1. The normalized spacial score (nSPS) is 10.3. The van der Waals surface area contributed by atoms with Gasteiger partial charge in [0.05, 0.1) is 12.8 Å². The molecule has 0 bridgehead atoms. The van der Waals surface area contributed by atoms with Crippen LogP contribution in [0.15, 0.2) is 30.3 Å². The predicted octanol–water partition coefficient (Wildman–Crippen LogP) is 1.71. The predicted molar refractivity (Wildman–Crippen MR) is 77.0 cm³/mol. The molecule has 106 valence electrons. The Morgan fingerprint density at radius 1 is 1.40 bits per heavy atom. The zero-order valence-corrected chi connectivity index (χ0v) is 12.0. The van der Waals surface area contributed by atoms with E-state index in [0.717, 1.165) is 23.4 Å². The fraction of sp³-hybridized carbons (Fsp3) is 0.333. The molecule has 0 aliphatic rings. The lowest BCUT2D eigenvalue weighted by atomic mass is 10.1. The Morgan fingerprint density at radius 2 is 2.15 bits per heavy atom. The molecule has 2 aromatic rings. The number of aryl methyl sites for hydroxylation is 2. The molecule has 0 unspecified atom stereocenters. The number of hydrogen-bond acceptors (Lipinski definition) is 3. The van der Waals surface area contributed by atoms with Gasteiger partial charge in [-0.15, -0.1) is 0 Å². The summed E-state index contributed by atoms with van der Waals surface area (Å²) >= 11 is 0. The highest BCUT2D eigenvalue weighted by Crippen LogP contribution is 2.17. The lowest BCUT2D eigenvalue weighted by Gasteiger charge is -2.09. The van der Waals surface area contributed by atoms with Crippen LogP contribution in [0.3, 0.4) is 0 Å². The van der Waals surface area contributed by atoms with Crippen LogP contribution in [-0.4, -0.2) is 29.3 Å². The van der Waals surface area contributed by atoms with Crippen molar-refractivity contribution in [3.63, 3.8) is 0 Å². The topological polar surface area (TPSA) is 56.1 Å². The summed E-state index contributed by atoms with van der Waals surface area (Å²) < 4.78 is 6.87. The number of hydrogen-bond donors (Lipinski definition) is 1. The van der Waals surface area contributed by atoms with Gasteiger partial charge in [0.25, 0.3) is 5.91 Å². The summed E-state index contributed by atoms with van der Waals surface area (Å²) in [5.74, 6) is 0.737. The van der Waals surface area contributed by atoms with Crippen molar-refractivity contribution in [2.24, 2.45) is 7.05 Å². The summed E-state index contributed by atoms with van der Waals surface area (Å²) in [6.45, 7) is 2.43. The van der Waals surface area contributed by atoms with Gasteiger partial charge in [-0.1, -0.05) is 18.2 Å². The van der Waals surface area contributed by atoms with Crippen molar-refractivity contribution < 1.29 is 9.53 Å². The highest BCUT2D eigenvalue weighted by molar-refractivity contribution is 5.92. The summed E-state index contributed by atoms with van der Waals surface area (Å²) in [7, 11) is 3.41. The second-order valence-corrected chi connectivity index (χ2v) is 4.61. The number of carbonyl (C=O) groups excluding carboxylic acids is 1. The number of benzene rings is 1. The molecule has 0 radical (unpaired) electrons. The largest absolute Gasteiger partial charge is 0.496 e. The van der Waals surface area contributed by atoms with Crippen LogP contribution in [0.5, 0.6) is 5.75 Å². The van der Waals surface area contributed by atoms with E-state index in [-0.39, 0.29) is 5.91 Å². The zero-order chi connectivity index (χ0) is 14.5. The minimum Gasteiger partial charge on any atom is -0.496 e. The van der Waals surface area contributed by atoms with E-state index < -0.39 is 0 Å². The lowest BCUT2D eigenvalue weighted by molar-refractivity contribution is 0.0944. The van der Waals surface area contributed by atoms with Gasteiger partial charge in [-0.25, -0.2) is 0 Å². The minimum atomic E-state index is -0.108. The van der Waals surface area contributed by atoms with E-state index in [1.807, 2.05) is 31.2 Å². The van der Waals surface area contributed by atoms with Gasteiger partial charge in [-0.2, -0.15) is 5.10 Å². The Kier molecular flexibility index (Phi) is 4.40. The van der Waals surface area contributed by atoms with Crippen molar-refractivity contribution in [2.45, 2.75) is 13.3 Å². The SMILES string of the molecule is COc1ccccc1CCNC(=O)c1cc(C)nn1C. The third kappa shape index (κ3) is 3.17. The summed E-state index contributed by atoms with van der Waals surface area (Å²) in [4.78, 5) is 12.0. The molecule has 1 heterocycles. The first-order valence-corrected chi connectivity index (χ1v) is 6.52. The number of carbonyl (C=O) groups is 1. The molecule has 0 atom stereocenters. The lowest BCUT2D eigenvalue weighted by Crippen LogP contribution is -2.27. The smallest absolute Gasteiger partial charge is 0.269 e. The fourth-order valence-corrected chi connectivity index (χ4v) is 2.13. The van der Waals surface area contributed by atoms with E-state index in [1.54, 1.807) is 24.9 Å². The number of rotatable bonds is 5. The molecule has 1 amide bonds. The zero-order valence-electron chi connectivity index (χ0n) is 12.0.